The Morgan fingerprint density at radius 3 is 2.77 bits per heavy atom. The van der Waals surface area contributed by atoms with Gasteiger partial charge in [-0.3, -0.25) is 19.6 Å². The van der Waals surface area contributed by atoms with E-state index in [1.807, 2.05) is 17.0 Å². The van der Waals surface area contributed by atoms with Gasteiger partial charge in [0.2, 0.25) is 5.91 Å². The van der Waals surface area contributed by atoms with E-state index >= 15 is 0 Å². The molecule has 3 amide bonds. The number of hydrogen-bond acceptors (Lipinski definition) is 4. The summed E-state index contributed by atoms with van der Waals surface area (Å²) in [4.78, 5) is 36.1. The molecular weight excluding hydrogens is 404 g/mol. The van der Waals surface area contributed by atoms with Gasteiger partial charge in [-0.25, -0.2) is 9.48 Å². The van der Waals surface area contributed by atoms with E-state index in [-0.39, 0.29) is 24.5 Å². The molecular formula is C21H23ClN6O2. The van der Waals surface area contributed by atoms with Crippen LogP contribution in [-0.2, 0) is 4.79 Å². The summed E-state index contributed by atoms with van der Waals surface area (Å²) < 4.78 is 1.69. The number of amidine groups is 1. The molecule has 1 saturated heterocycles. The third kappa shape index (κ3) is 3.06. The molecule has 0 bridgehead atoms. The quantitative estimate of drug-likeness (QED) is 0.757. The van der Waals surface area contributed by atoms with Gasteiger partial charge < -0.3 is 4.90 Å². The van der Waals surface area contributed by atoms with E-state index in [1.54, 1.807) is 32.8 Å². The maximum atomic E-state index is 13.3. The number of piperidine rings is 1. The minimum atomic E-state index is -0.229. The van der Waals surface area contributed by atoms with Crippen LogP contribution in [0.15, 0.2) is 35.5 Å². The van der Waals surface area contributed by atoms with Gasteiger partial charge in [0.25, 0.3) is 0 Å². The van der Waals surface area contributed by atoms with E-state index in [1.165, 1.54) is 0 Å². The van der Waals surface area contributed by atoms with Crippen LogP contribution < -0.4 is 4.90 Å². The molecule has 0 N–H and O–H groups in total. The van der Waals surface area contributed by atoms with Gasteiger partial charge in [-0.15, -0.1) is 0 Å². The summed E-state index contributed by atoms with van der Waals surface area (Å²) in [6.45, 7) is 3.87. The highest BCUT2D eigenvalue weighted by atomic mass is 35.5. The van der Waals surface area contributed by atoms with Crippen LogP contribution in [0.4, 0.5) is 10.6 Å². The molecule has 4 heterocycles. The summed E-state index contributed by atoms with van der Waals surface area (Å²) in [5.41, 5.74) is 1.53. The van der Waals surface area contributed by atoms with E-state index in [0.29, 0.717) is 29.8 Å². The van der Waals surface area contributed by atoms with Crippen molar-refractivity contribution in [3.05, 3.63) is 41.0 Å². The van der Waals surface area contributed by atoms with Crippen LogP contribution in [0, 0.1) is 0 Å². The smallest absolute Gasteiger partial charge is 0.331 e. The Labute approximate surface area is 179 Å². The first-order valence-corrected chi connectivity index (χ1v) is 10.7. The Balaban J connectivity index is 1.55. The van der Waals surface area contributed by atoms with Crippen molar-refractivity contribution in [3.8, 4) is 5.69 Å². The average Bonchev–Trinajstić information content (AvgIpc) is 3.39. The zero-order valence-corrected chi connectivity index (χ0v) is 17.5. The Hall–Kier alpha value is -2.87. The van der Waals surface area contributed by atoms with Crippen molar-refractivity contribution in [3.63, 3.8) is 0 Å². The standard InChI is InChI=1S/C21H23ClN6O2/c1-14-4-2-3-10-25(14)18(29)13-27-20-17(19-23-9-11-26(19)21(27)30)12-24-28(20)16-7-5-15(22)6-8-16/h5-8,12,14H,2-4,9-11,13H2,1H3. The topological polar surface area (TPSA) is 74.0 Å². The summed E-state index contributed by atoms with van der Waals surface area (Å²) in [5, 5.41) is 5.14. The Kier molecular flexibility index (Phi) is 4.73. The largest absolute Gasteiger partial charge is 0.338 e. The summed E-state index contributed by atoms with van der Waals surface area (Å²) in [5.74, 6) is 1.17. The van der Waals surface area contributed by atoms with E-state index < -0.39 is 0 Å². The minimum absolute atomic E-state index is 0.0146. The van der Waals surface area contributed by atoms with Gasteiger partial charge in [0.1, 0.15) is 12.4 Å². The number of nitrogens with zero attached hydrogens (tertiary/aromatic N) is 6. The lowest BCUT2D eigenvalue weighted by Gasteiger charge is -2.37. The molecule has 5 rings (SSSR count). The van der Waals surface area contributed by atoms with Gasteiger partial charge in [0, 0.05) is 24.2 Å². The molecule has 0 spiro atoms. The second-order valence-electron chi connectivity index (χ2n) is 7.93. The van der Waals surface area contributed by atoms with Gasteiger partial charge in [-0.2, -0.15) is 5.10 Å². The lowest BCUT2D eigenvalue weighted by Crippen LogP contribution is -2.55. The summed E-state index contributed by atoms with van der Waals surface area (Å²) >= 11 is 6.04. The average molecular weight is 427 g/mol. The fourth-order valence-corrected chi connectivity index (χ4v) is 4.59. The predicted molar refractivity (Wildman–Crippen MR) is 114 cm³/mol. The maximum Gasteiger partial charge on any atom is 0.331 e. The van der Waals surface area contributed by atoms with Crippen LogP contribution >= 0.6 is 11.6 Å². The number of hydrogen-bond donors (Lipinski definition) is 0. The predicted octanol–water partition coefficient (Wildman–Crippen LogP) is 2.93. The molecule has 1 atom stereocenters. The van der Waals surface area contributed by atoms with Gasteiger partial charge in [-0.05, 0) is 50.5 Å². The molecule has 1 unspecified atom stereocenters. The Morgan fingerprint density at radius 2 is 2.00 bits per heavy atom. The third-order valence-corrected chi connectivity index (χ3v) is 6.28. The first-order valence-electron chi connectivity index (χ1n) is 10.3. The van der Waals surface area contributed by atoms with Crippen molar-refractivity contribution in [1.29, 1.82) is 0 Å². The van der Waals surface area contributed by atoms with Crippen molar-refractivity contribution in [1.82, 2.24) is 19.6 Å². The fraction of sp³-hybridized carbons (Fsp3) is 0.429. The van der Waals surface area contributed by atoms with Gasteiger partial charge >= 0.3 is 6.03 Å². The number of amides is 3. The number of aromatic nitrogens is 2. The molecule has 1 aromatic carbocycles. The maximum absolute atomic E-state index is 13.3. The normalized spacial score (nSPS) is 20.9. The monoisotopic (exact) mass is 426 g/mol. The highest BCUT2D eigenvalue weighted by Crippen LogP contribution is 2.33. The molecule has 1 fully saturated rings. The molecule has 0 radical (unpaired) electrons. The van der Waals surface area contributed by atoms with Crippen molar-refractivity contribution in [2.45, 2.75) is 32.2 Å². The van der Waals surface area contributed by atoms with Gasteiger partial charge in [0.05, 0.1) is 24.0 Å². The Morgan fingerprint density at radius 1 is 1.20 bits per heavy atom. The second kappa shape index (κ2) is 7.43. The number of carbonyl (C=O) groups is 2. The molecule has 1 aromatic heterocycles. The highest BCUT2D eigenvalue weighted by Gasteiger charge is 2.42. The van der Waals surface area contributed by atoms with Crippen molar-refractivity contribution in [2.75, 3.05) is 31.1 Å². The molecule has 8 nitrogen and oxygen atoms in total. The van der Waals surface area contributed by atoms with Crippen LogP contribution in [0.5, 0.6) is 0 Å². The highest BCUT2D eigenvalue weighted by molar-refractivity contribution is 6.30. The SMILES string of the molecule is CC1CCCCN1C(=O)CN1C(=O)N2CCN=C2c2cnn(-c3ccc(Cl)cc3)c21. The molecule has 3 aliphatic heterocycles. The van der Waals surface area contributed by atoms with Crippen LogP contribution in [0.25, 0.3) is 5.69 Å². The molecule has 30 heavy (non-hydrogen) atoms. The number of benzene rings is 1. The van der Waals surface area contributed by atoms with Gasteiger partial charge in [0.15, 0.2) is 5.82 Å². The first kappa shape index (κ1) is 19.1. The van der Waals surface area contributed by atoms with E-state index in [4.69, 9.17) is 11.6 Å². The number of aliphatic imine (C=N–C) groups is 1. The summed E-state index contributed by atoms with van der Waals surface area (Å²) in [6.07, 6.45) is 4.85. The lowest BCUT2D eigenvalue weighted by atomic mass is 10.0. The van der Waals surface area contributed by atoms with Crippen molar-refractivity contribution >= 4 is 35.2 Å². The minimum Gasteiger partial charge on any atom is -0.338 e. The lowest BCUT2D eigenvalue weighted by molar-refractivity contribution is -0.132. The number of halogens is 1. The van der Waals surface area contributed by atoms with Crippen molar-refractivity contribution in [2.24, 2.45) is 4.99 Å². The number of likely N-dealkylation sites (tertiary alicyclic amines) is 1. The third-order valence-electron chi connectivity index (χ3n) is 6.03. The van der Waals surface area contributed by atoms with Crippen LogP contribution in [0.1, 0.15) is 31.7 Å². The fourth-order valence-electron chi connectivity index (χ4n) is 4.47. The molecule has 2 aromatic rings. The molecule has 3 aliphatic rings. The second-order valence-corrected chi connectivity index (χ2v) is 8.36. The first-order chi connectivity index (χ1) is 14.5. The van der Waals surface area contributed by atoms with Crippen LogP contribution in [0.2, 0.25) is 5.02 Å². The molecule has 156 valence electrons. The molecule has 0 saturated carbocycles. The van der Waals surface area contributed by atoms with Crippen LogP contribution in [0.3, 0.4) is 0 Å². The number of anilines is 1. The van der Waals surface area contributed by atoms with Crippen LogP contribution in [-0.4, -0.2) is 69.6 Å². The zero-order valence-electron chi connectivity index (χ0n) is 16.8. The zero-order chi connectivity index (χ0) is 20.8. The summed E-state index contributed by atoms with van der Waals surface area (Å²) in [6, 6.07) is 7.20. The number of urea groups is 1. The number of fused-ring (bicyclic) bond motifs is 3. The Bertz CT molecular complexity index is 1030. The molecule has 9 heteroatoms. The van der Waals surface area contributed by atoms with Gasteiger partial charge in [-0.1, -0.05) is 11.6 Å². The van der Waals surface area contributed by atoms with E-state index in [9.17, 15) is 9.59 Å². The van der Waals surface area contributed by atoms with E-state index in [2.05, 4.69) is 17.0 Å². The van der Waals surface area contributed by atoms with Crippen molar-refractivity contribution < 1.29 is 9.59 Å². The summed E-state index contributed by atoms with van der Waals surface area (Å²) in [7, 11) is 0. The number of rotatable bonds is 3. The van der Waals surface area contributed by atoms with E-state index in [0.717, 1.165) is 37.1 Å². The number of carbonyl (C=O) groups excluding carboxylic acids is 2. The molecule has 0 aliphatic carbocycles.